The number of amides is 1. The second-order valence-electron chi connectivity index (χ2n) is 4.85. The SMILES string of the molecule is O=C(Nc1cccc2c3c(oc12)CCCC3)C(F)(F)F. The maximum absolute atomic E-state index is 12.3. The zero-order valence-electron chi connectivity index (χ0n) is 10.5. The average molecular weight is 283 g/mol. The van der Waals surface area contributed by atoms with Crippen LogP contribution in [0.4, 0.5) is 18.9 Å². The van der Waals surface area contributed by atoms with Crippen LogP contribution in [0.2, 0.25) is 0 Å². The van der Waals surface area contributed by atoms with E-state index < -0.39 is 12.1 Å². The van der Waals surface area contributed by atoms with Gasteiger partial charge < -0.3 is 9.73 Å². The first-order valence-electron chi connectivity index (χ1n) is 6.38. The van der Waals surface area contributed by atoms with Crippen LogP contribution in [0.3, 0.4) is 0 Å². The standard InChI is InChI=1S/C14H12F3NO2/c15-14(16,17)13(19)18-10-6-3-5-9-8-4-1-2-7-11(8)20-12(9)10/h3,5-6H,1-2,4,7H2,(H,18,19). The zero-order valence-corrected chi connectivity index (χ0v) is 10.5. The molecule has 106 valence electrons. The van der Waals surface area contributed by atoms with E-state index in [1.165, 1.54) is 6.07 Å². The second kappa shape index (κ2) is 4.54. The van der Waals surface area contributed by atoms with E-state index in [-0.39, 0.29) is 5.69 Å². The lowest BCUT2D eigenvalue weighted by atomic mass is 9.96. The molecule has 0 aliphatic heterocycles. The summed E-state index contributed by atoms with van der Waals surface area (Å²) in [7, 11) is 0. The number of benzene rings is 1. The minimum atomic E-state index is -4.91. The number of hydrogen-bond acceptors (Lipinski definition) is 2. The van der Waals surface area contributed by atoms with Gasteiger partial charge in [-0.25, -0.2) is 0 Å². The Morgan fingerprint density at radius 1 is 1.20 bits per heavy atom. The number of aryl methyl sites for hydroxylation is 2. The van der Waals surface area contributed by atoms with Crippen LogP contribution in [0.25, 0.3) is 11.0 Å². The predicted octanol–water partition coefficient (Wildman–Crippen LogP) is 3.81. The lowest BCUT2D eigenvalue weighted by Gasteiger charge is -2.08. The van der Waals surface area contributed by atoms with E-state index in [9.17, 15) is 18.0 Å². The molecule has 0 radical (unpaired) electrons. The molecule has 3 nitrogen and oxygen atoms in total. The Balaban J connectivity index is 2.04. The van der Waals surface area contributed by atoms with Crippen LogP contribution in [0.1, 0.15) is 24.2 Å². The summed E-state index contributed by atoms with van der Waals surface area (Å²) >= 11 is 0. The smallest absolute Gasteiger partial charge is 0.459 e. The van der Waals surface area contributed by atoms with Crippen molar-refractivity contribution in [3.63, 3.8) is 0 Å². The van der Waals surface area contributed by atoms with Crippen molar-refractivity contribution in [2.45, 2.75) is 31.9 Å². The molecule has 1 N–H and O–H groups in total. The number of rotatable bonds is 1. The fourth-order valence-corrected chi connectivity index (χ4v) is 2.57. The number of furan rings is 1. The van der Waals surface area contributed by atoms with E-state index in [0.717, 1.165) is 42.4 Å². The number of fused-ring (bicyclic) bond motifs is 3. The maximum atomic E-state index is 12.3. The Labute approximate surface area is 112 Å². The van der Waals surface area contributed by atoms with Crippen molar-refractivity contribution in [1.82, 2.24) is 0 Å². The Kier molecular flexibility index (Phi) is 2.96. The van der Waals surface area contributed by atoms with Gasteiger partial charge in [-0.1, -0.05) is 12.1 Å². The minimum Gasteiger partial charge on any atom is -0.459 e. The number of carbonyl (C=O) groups excluding carboxylic acids is 1. The van der Waals surface area contributed by atoms with Gasteiger partial charge in [0.2, 0.25) is 0 Å². The van der Waals surface area contributed by atoms with Crippen LogP contribution in [0, 0.1) is 0 Å². The summed E-state index contributed by atoms with van der Waals surface area (Å²) in [6.45, 7) is 0. The molecule has 2 aromatic rings. The molecule has 0 fully saturated rings. The summed E-state index contributed by atoms with van der Waals surface area (Å²) in [6, 6.07) is 4.85. The Bertz CT molecular complexity index is 673. The average Bonchev–Trinajstić information content (AvgIpc) is 2.77. The molecule has 0 saturated carbocycles. The van der Waals surface area contributed by atoms with Crippen molar-refractivity contribution in [2.75, 3.05) is 5.32 Å². The molecule has 3 rings (SSSR count). The van der Waals surface area contributed by atoms with E-state index in [2.05, 4.69) is 0 Å². The topological polar surface area (TPSA) is 42.2 Å². The fourth-order valence-electron chi connectivity index (χ4n) is 2.57. The maximum Gasteiger partial charge on any atom is 0.471 e. The number of nitrogens with one attached hydrogen (secondary N) is 1. The molecule has 0 saturated heterocycles. The van der Waals surface area contributed by atoms with Crippen molar-refractivity contribution >= 4 is 22.6 Å². The van der Waals surface area contributed by atoms with Gasteiger partial charge in [-0.15, -0.1) is 0 Å². The monoisotopic (exact) mass is 283 g/mol. The number of halogens is 3. The first-order valence-corrected chi connectivity index (χ1v) is 6.38. The van der Waals surface area contributed by atoms with Crippen LogP contribution < -0.4 is 5.32 Å². The van der Waals surface area contributed by atoms with E-state index in [0.29, 0.717) is 5.58 Å². The Morgan fingerprint density at radius 3 is 2.70 bits per heavy atom. The number of hydrogen-bond donors (Lipinski definition) is 1. The minimum absolute atomic E-state index is 0.0687. The van der Waals surface area contributed by atoms with Crippen LogP contribution >= 0.6 is 0 Å². The molecular weight excluding hydrogens is 271 g/mol. The highest BCUT2D eigenvalue weighted by Gasteiger charge is 2.39. The molecular formula is C14H12F3NO2. The van der Waals surface area contributed by atoms with Gasteiger partial charge in [0.25, 0.3) is 0 Å². The highest BCUT2D eigenvalue weighted by Crippen LogP contribution is 2.35. The third-order valence-corrected chi connectivity index (χ3v) is 3.49. The fraction of sp³-hybridized carbons (Fsp3) is 0.357. The quantitative estimate of drug-likeness (QED) is 0.864. The molecule has 0 atom stereocenters. The van der Waals surface area contributed by atoms with Crippen molar-refractivity contribution in [2.24, 2.45) is 0 Å². The van der Waals surface area contributed by atoms with Gasteiger partial charge in [0.1, 0.15) is 5.76 Å². The van der Waals surface area contributed by atoms with Crippen LogP contribution in [0.15, 0.2) is 22.6 Å². The van der Waals surface area contributed by atoms with Gasteiger partial charge >= 0.3 is 12.1 Å². The number of alkyl halides is 3. The Hall–Kier alpha value is -1.98. The molecule has 20 heavy (non-hydrogen) atoms. The van der Waals surface area contributed by atoms with Gasteiger partial charge in [0, 0.05) is 17.4 Å². The predicted molar refractivity (Wildman–Crippen MR) is 67.5 cm³/mol. The highest BCUT2D eigenvalue weighted by molar-refractivity contribution is 6.02. The first-order chi connectivity index (χ1) is 9.47. The molecule has 0 bridgehead atoms. The molecule has 6 heteroatoms. The van der Waals surface area contributed by atoms with Gasteiger partial charge in [-0.2, -0.15) is 13.2 Å². The third kappa shape index (κ3) is 2.15. The third-order valence-electron chi connectivity index (χ3n) is 3.49. The molecule has 1 amide bonds. The van der Waals surface area contributed by atoms with Gasteiger partial charge in [-0.3, -0.25) is 4.79 Å². The van der Waals surface area contributed by atoms with Crippen molar-refractivity contribution in [3.8, 4) is 0 Å². The first kappa shape index (κ1) is 13.0. The Morgan fingerprint density at radius 2 is 1.95 bits per heavy atom. The molecule has 1 aliphatic rings. The molecule has 1 aromatic heterocycles. The number of para-hydroxylation sites is 1. The molecule has 1 aliphatic carbocycles. The second-order valence-corrected chi connectivity index (χ2v) is 4.85. The van der Waals surface area contributed by atoms with E-state index in [1.54, 1.807) is 6.07 Å². The zero-order chi connectivity index (χ0) is 14.3. The largest absolute Gasteiger partial charge is 0.471 e. The van der Waals surface area contributed by atoms with Crippen molar-refractivity contribution in [3.05, 3.63) is 29.5 Å². The van der Waals surface area contributed by atoms with E-state index >= 15 is 0 Å². The van der Waals surface area contributed by atoms with Gasteiger partial charge in [-0.05, 0) is 25.3 Å². The highest BCUT2D eigenvalue weighted by atomic mass is 19.4. The van der Waals surface area contributed by atoms with Gasteiger partial charge in [0.05, 0.1) is 5.69 Å². The normalized spacial score (nSPS) is 15.2. The lowest BCUT2D eigenvalue weighted by Crippen LogP contribution is -2.29. The van der Waals surface area contributed by atoms with Crippen molar-refractivity contribution < 1.29 is 22.4 Å². The van der Waals surface area contributed by atoms with E-state index in [4.69, 9.17) is 4.42 Å². The van der Waals surface area contributed by atoms with Crippen LogP contribution in [-0.2, 0) is 17.6 Å². The van der Waals surface area contributed by atoms with Crippen LogP contribution in [0.5, 0.6) is 0 Å². The summed E-state index contributed by atoms with van der Waals surface area (Å²) < 4.78 is 42.6. The number of carbonyl (C=O) groups is 1. The van der Waals surface area contributed by atoms with E-state index in [1.807, 2.05) is 11.4 Å². The summed E-state index contributed by atoms with van der Waals surface area (Å²) in [5.74, 6) is -1.17. The molecule has 1 aromatic carbocycles. The number of anilines is 1. The van der Waals surface area contributed by atoms with Crippen LogP contribution in [-0.4, -0.2) is 12.1 Å². The van der Waals surface area contributed by atoms with Gasteiger partial charge in [0.15, 0.2) is 5.58 Å². The van der Waals surface area contributed by atoms with Crippen molar-refractivity contribution in [1.29, 1.82) is 0 Å². The summed E-state index contributed by atoms with van der Waals surface area (Å²) in [5, 5.41) is 2.67. The lowest BCUT2D eigenvalue weighted by molar-refractivity contribution is -0.167. The molecule has 0 spiro atoms. The molecule has 0 unspecified atom stereocenters. The molecule has 1 heterocycles. The summed E-state index contributed by atoms with van der Waals surface area (Å²) in [5.41, 5.74) is 1.45. The summed E-state index contributed by atoms with van der Waals surface area (Å²) in [4.78, 5) is 11.0. The summed E-state index contributed by atoms with van der Waals surface area (Å²) in [6.07, 6.45) is -1.21.